The number of halogens is 2. The zero-order valence-electron chi connectivity index (χ0n) is 7.00. The van der Waals surface area contributed by atoms with E-state index < -0.39 is 0 Å². The molecule has 1 aromatic heterocycles. The molecule has 72 valence electrons. The summed E-state index contributed by atoms with van der Waals surface area (Å²) in [5.41, 5.74) is 2.17. The van der Waals surface area contributed by atoms with Gasteiger partial charge in [0.15, 0.2) is 0 Å². The van der Waals surface area contributed by atoms with Crippen molar-refractivity contribution < 1.29 is 5.11 Å². The summed E-state index contributed by atoms with van der Waals surface area (Å²) in [7, 11) is 0. The van der Waals surface area contributed by atoms with E-state index in [2.05, 4.69) is 44.6 Å². The van der Waals surface area contributed by atoms with E-state index in [9.17, 15) is 5.11 Å². The molecule has 0 saturated heterocycles. The Morgan fingerprint density at radius 1 is 1.29 bits per heavy atom. The molecule has 0 fully saturated rings. The molecule has 1 heterocycles. The fraction of sp³-hybridized carbons (Fsp3) is 0. The molecule has 14 heavy (non-hydrogen) atoms. The van der Waals surface area contributed by atoms with Gasteiger partial charge in [-0.3, -0.25) is 0 Å². The Bertz CT molecular complexity index is 467. The van der Waals surface area contributed by atoms with Gasteiger partial charge in [-0.2, -0.15) is 0 Å². The highest BCUT2D eigenvalue weighted by Crippen LogP contribution is 2.37. The van der Waals surface area contributed by atoms with Crippen molar-refractivity contribution in [1.82, 2.24) is 0 Å². The average molecular weight is 381 g/mol. The maximum Gasteiger partial charge on any atom is 0.116 e. The zero-order chi connectivity index (χ0) is 10.1. The number of hydrogen-bond donors (Lipinski definition) is 1. The molecule has 1 aromatic carbocycles. The lowest BCUT2D eigenvalue weighted by atomic mass is 10.1. The zero-order valence-corrected chi connectivity index (χ0v) is 11.6. The minimum Gasteiger partial charge on any atom is -0.508 e. The molecule has 0 aliphatic rings. The van der Waals surface area contributed by atoms with Crippen molar-refractivity contribution in [3.05, 3.63) is 37.0 Å². The van der Waals surface area contributed by atoms with E-state index in [1.54, 1.807) is 23.5 Å². The summed E-state index contributed by atoms with van der Waals surface area (Å²) in [6.45, 7) is 0. The van der Waals surface area contributed by atoms with Crippen molar-refractivity contribution in [2.75, 3.05) is 0 Å². The number of thiophene rings is 1. The van der Waals surface area contributed by atoms with Crippen LogP contribution in [0.4, 0.5) is 0 Å². The molecule has 1 N–H and O–H groups in total. The average Bonchev–Trinajstić information content (AvgIpc) is 2.45. The smallest absolute Gasteiger partial charge is 0.116 e. The molecule has 0 aliphatic heterocycles. The van der Waals surface area contributed by atoms with E-state index in [1.165, 1.54) is 2.88 Å². The van der Waals surface area contributed by atoms with Crippen molar-refractivity contribution >= 4 is 49.9 Å². The lowest BCUT2D eigenvalue weighted by molar-refractivity contribution is 0.475. The summed E-state index contributed by atoms with van der Waals surface area (Å²) in [6.07, 6.45) is 0. The maximum atomic E-state index is 9.36. The van der Waals surface area contributed by atoms with Crippen LogP contribution in [0.15, 0.2) is 34.1 Å². The summed E-state index contributed by atoms with van der Waals surface area (Å²) in [6, 6.07) is 9.38. The topological polar surface area (TPSA) is 20.2 Å². The number of phenolic OH excluding ortho intramolecular Hbond substituents is 1. The van der Waals surface area contributed by atoms with Crippen molar-refractivity contribution in [2.24, 2.45) is 0 Å². The van der Waals surface area contributed by atoms with Crippen LogP contribution in [0.5, 0.6) is 5.75 Å². The Labute approximate surface area is 108 Å². The summed E-state index contributed by atoms with van der Waals surface area (Å²) >= 11 is 7.49. The summed E-state index contributed by atoms with van der Waals surface area (Å²) in [5, 5.41) is 9.36. The van der Waals surface area contributed by atoms with Crippen molar-refractivity contribution in [2.45, 2.75) is 0 Å². The number of phenols is 1. The van der Waals surface area contributed by atoms with E-state index in [0.717, 1.165) is 14.9 Å². The fourth-order valence-corrected chi connectivity index (χ4v) is 4.59. The summed E-state index contributed by atoms with van der Waals surface area (Å²) < 4.78 is 2.33. The second kappa shape index (κ2) is 4.20. The second-order valence-electron chi connectivity index (χ2n) is 2.79. The van der Waals surface area contributed by atoms with Gasteiger partial charge in [-0.15, -0.1) is 11.3 Å². The van der Waals surface area contributed by atoms with Crippen LogP contribution in [0, 0.1) is 2.88 Å². The third-order valence-electron chi connectivity index (χ3n) is 1.81. The number of benzene rings is 1. The Kier molecular flexibility index (Phi) is 3.14. The van der Waals surface area contributed by atoms with Gasteiger partial charge in [0.25, 0.3) is 0 Å². The predicted octanol–water partition coefficient (Wildman–Crippen LogP) is 4.49. The van der Waals surface area contributed by atoms with Gasteiger partial charge in [-0.1, -0.05) is 12.1 Å². The van der Waals surface area contributed by atoms with E-state index in [-0.39, 0.29) is 0 Å². The molecule has 0 aliphatic carbocycles. The predicted molar refractivity (Wildman–Crippen MR) is 71.8 cm³/mol. The first kappa shape index (κ1) is 10.4. The van der Waals surface area contributed by atoms with Crippen molar-refractivity contribution in [3.63, 3.8) is 0 Å². The minimum absolute atomic E-state index is 0.301. The molecular weight excluding hydrogens is 375 g/mol. The normalized spacial score (nSPS) is 10.4. The molecule has 0 amide bonds. The molecular formula is C10H6BrIOS. The molecule has 0 atom stereocenters. The highest BCUT2D eigenvalue weighted by molar-refractivity contribution is 14.1. The lowest BCUT2D eigenvalue weighted by Crippen LogP contribution is -1.73. The molecule has 0 radical (unpaired) electrons. The number of hydrogen-bond acceptors (Lipinski definition) is 2. The van der Waals surface area contributed by atoms with Crippen LogP contribution < -0.4 is 0 Å². The number of rotatable bonds is 1. The number of aromatic hydroxyl groups is 1. The second-order valence-corrected chi connectivity index (χ2v) is 7.05. The third kappa shape index (κ3) is 2.12. The fourth-order valence-electron chi connectivity index (χ4n) is 1.21. The lowest BCUT2D eigenvalue weighted by Gasteiger charge is -1.99. The minimum atomic E-state index is 0.301. The first-order valence-electron chi connectivity index (χ1n) is 3.91. The standard InChI is InChI=1S/C10H6BrIOS/c11-10-8(5-9(12)14-10)6-2-1-3-7(13)4-6/h1-5,13H. The van der Waals surface area contributed by atoms with Gasteiger partial charge in [-0.25, -0.2) is 0 Å². The van der Waals surface area contributed by atoms with Gasteiger partial charge >= 0.3 is 0 Å². The molecule has 0 saturated carbocycles. The highest BCUT2D eigenvalue weighted by Gasteiger charge is 2.07. The SMILES string of the molecule is Oc1cccc(-c2cc(I)sc2Br)c1. The molecule has 4 heteroatoms. The first-order chi connectivity index (χ1) is 6.66. The quantitative estimate of drug-likeness (QED) is 0.723. The summed E-state index contributed by atoms with van der Waals surface area (Å²) in [4.78, 5) is 0. The molecule has 1 nitrogen and oxygen atoms in total. The molecule has 0 bridgehead atoms. The van der Waals surface area contributed by atoms with Crippen LogP contribution in [0.2, 0.25) is 0 Å². The Balaban J connectivity index is 2.54. The Hall–Kier alpha value is -0.0700. The first-order valence-corrected chi connectivity index (χ1v) is 6.60. The molecule has 0 spiro atoms. The van der Waals surface area contributed by atoms with E-state index in [4.69, 9.17) is 0 Å². The molecule has 2 rings (SSSR count). The Morgan fingerprint density at radius 2 is 2.07 bits per heavy atom. The van der Waals surface area contributed by atoms with Crippen LogP contribution in [-0.4, -0.2) is 5.11 Å². The van der Waals surface area contributed by atoms with Gasteiger partial charge in [0.2, 0.25) is 0 Å². The highest BCUT2D eigenvalue weighted by atomic mass is 127. The van der Waals surface area contributed by atoms with Crippen molar-refractivity contribution in [1.29, 1.82) is 0 Å². The summed E-state index contributed by atoms with van der Waals surface area (Å²) in [5.74, 6) is 0.301. The van der Waals surface area contributed by atoms with Gasteiger partial charge in [0.05, 0.1) is 6.67 Å². The van der Waals surface area contributed by atoms with Crippen LogP contribution in [-0.2, 0) is 0 Å². The van der Waals surface area contributed by atoms with Crippen LogP contribution in [0.25, 0.3) is 11.1 Å². The van der Waals surface area contributed by atoms with Gasteiger partial charge in [0, 0.05) is 5.56 Å². The third-order valence-corrected chi connectivity index (χ3v) is 4.41. The van der Waals surface area contributed by atoms with Gasteiger partial charge < -0.3 is 5.11 Å². The van der Waals surface area contributed by atoms with E-state index >= 15 is 0 Å². The monoisotopic (exact) mass is 380 g/mol. The molecule has 0 unspecified atom stereocenters. The Morgan fingerprint density at radius 3 is 2.64 bits per heavy atom. The van der Waals surface area contributed by atoms with Crippen molar-refractivity contribution in [3.8, 4) is 16.9 Å². The van der Waals surface area contributed by atoms with E-state index in [0.29, 0.717) is 5.75 Å². The van der Waals surface area contributed by atoms with E-state index in [1.807, 2.05) is 12.1 Å². The van der Waals surface area contributed by atoms with Crippen LogP contribution >= 0.6 is 49.9 Å². The molecule has 2 aromatic rings. The van der Waals surface area contributed by atoms with Crippen LogP contribution in [0.1, 0.15) is 0 Å². The maximum absolute atomic E-state index is 9.36. The van der Waals surface area contributed by atoms with Gasteiger partial charge in [-0.05, 0) is 62.3 Å². The largest absolute Gasteiger partial charge is 0.508 e. The van der Waals surface area contributed by atoms with Gasteiger partial charge in [0.1, 0.15) is 5.75 Å². The van der Waals surface area contributed by atoms with Crippen LogP contribution in [0.3, 0.4) is 0 Å².